The summed E-state index contributed by atoms with van der Waals surface area (Å²) in [4.78, 5) is 31.1. The first-order chi connectivity index (χ1) is 14.0. The maximum Gasteiger partial charge on any atom is 0.270 e. The van der Waals surface area contributed by atoms with Crippen LogP contribution in [0.15, 0.2) is 65.2 Å². The van der Waals surface area contributed by atoms with Gasteiger partial charge in [-0.3, -0.25) is 14.9 Å². The number of nitrogens with zero attached hydrogens (tertiary/aromatic N) is 3. The van der Waals surface area contributed by atoms with Gasteiger partial charge in [0.05, 0.1) is 15.5 Å². The van der Waals surface area contributed by atoms with Crippen molar-refractivity contribution in [2.45, 2.75) is 6.54 Å². The summed E-state index contributed by atoms with van der Waals surface area (Å²) in [6.45, 7) is 0.229. The SMILES string of the molecule is O=C(NCc1ccc(-c2nc3ncccc3o2)cc1)c1cc([N+](=O)[O-])ccc1Cl. The molecule has 0 spiro atoms. The van der Waals surface area contributed by atoms with Gasteiger partial charge in [0.15, 0.2) is 11.2 Å². The third-order valence-corrected chi connectivity index (χ3v) is 4.55. The number of carbonyl (C=O) groups is 1. The smallest absolute Gasteiger partial charge is 0.270 e. The zero-order valence-corrected chi connectivity index (χ0v) is 15.6. The molecule has 0 fully saturated rings. The van der Waals surface area contributed by atoms with Gasteiger partial charge in [0.1, 0.15) is 0 Å². The molecule has 2 heterocycles. The van der Waals surface area contributed by atoms with Gasteiger partial charge in [-0.1, -0.05) is 23.7 Å². The predicted octanol–water partition coefficient (Wildman–Crippen LogP) is 4.38. The number of amides is 1. The summed E-state index contributed by atoms with van der Waals surface area (Å²) in [5.74, 6) is -0.0366. The molecule has 29 heavy (non-hydrogen) atoms. The molecule has 0 aliphatic rings. The van der Waals surface area contributed by atoms with Crippen LogP contribution in [-0.2, 0) is 6.54 Å². The minimum absolute atomic E-state index is 0.0523. The highest BCUT2D eigenvalue weighted by molar-refractivity contribution is 6.33. The molecule has 0 saturated carbocycles. The Kier molecular flexibility index (Phi) is 4.92. The Morgan fingerprint density at radius 3 is 2.69 bits per heavy atom. The van der Waals surface area contributed by atoms with Crippen molar-refractivity contribution in [2.24, 2.45) is 0 Å². The average Bonchev–Trinajstić information content (AvgIpc) is 3.17. The van der Waals surface area contributed by atoms with Crippen molar-refractivity contribution in [1.82, 2.24) is 15.3 Å². The molecule has 0 unspecified atom stereocenters. The van der Waals surface area contributed by atoms with Gasteiger partial charge in [0.2, 0.25) is 5.89 Å². The first-order valence-electron chi connectivity index (χ1n) is 8.54. The number of oxazole rings is 1. The molecule has 0 aliphatic heterocycles. The number of pyridine rings is 1. The van der Waals surface area contributed by atoms with E-state index < -0.39 is 10.8 Å². The molecule has 9 heteroatoms. The molecule has 0 radical (unpaired) electrons. The van der Waals surface area contributed by atoms with Crippen LogP contribution < -0.4 is 5.32 Å². The highest BCUT2D eigenvalue weighted by atomic mass is 35.5. The van der Waals surface area contributed by atoms with Crippen molar-refractivity contribution in [3.63, 3.8) is 0 Å². The first-order valence-corrected chi connectivity index (χ1v) is 8.92. The number of fused-ring (bicyclic) bond motifs is 1. The molecule has 144 valence electrons. The minimum Gasteiger partial charge on any atom is -0.434 e. The summed E-state index contributed by atoms with van der Waals surface area (Å²) in [6.07, 6.45) is 1.65. The van der Waals surface area contributed by atoms with E-state index in [1.807, 2.05) is 24.3 Å². The Morgan fingerprint density at radius 1 is 1.17 bits per heavy atom. The summed E-state index contributed by atoms with van der Waals surface area (Å²) in [5, 5.41) is 13.7. The lowest BCUT2D eigenvalue weighted by molar-refractivity contribution is -0.384. The van der Waals surface area contributed by atoms with Crippen LogP contribution in [0.5, 0.6) is 0 Å². The van der Waals surface area contributed by atoms with Crippen LogP contribution in [-0.4, -0.2) is 20.8 Å². The number of hydrogen-bond acceptors (Lipinski definition) is 6. The number of rotatable bonds is 5. The van der Waals surface area contributed by atoms with Gasteiger partial charge in [0.25, 0.3) is 11.6 Å². The summed E-state index contributed by atoms with van der Waals surface area (Å²) >= 11 is 5.99. The standard InChI is InChI=1S/C20H13ClN4O4/c21-16-8-7-14(25(27)28)10-15(16)19(26)23-11-12-3-5-13(6-4-12)20-24-18-17(29-20)2-1-9-22-18/h1-10H,11H2,(H,23,26). The lowest BCUT2D eigenvalue weighted by atomic mass is 10.1. The number of hydrogen-bond donors (Lipinski definition) is 1. The van der Waals surface area contributed by atoms with Crippen LogP contribution in [0, 0.1) is 10.1 Å². The number of benzene rings is 2. The second-order valence-electron chi connectivity index (χ2n) is 6.15. The molecule has 8 nitrogen and oxygen atoms in total. The summed E-state index contributed by atoms with van der Waals surface area (Å²) in [6, 6.07) is 14.6. The van der Waals surface area contributed by atoms with E-state index in [1.54, 1.807) is 18.3 Å². The Balaban J connectivity index is 1.46. The van der Waals surface area contributed by atoms with Crippen molar-refractivity contribution in [3.05, 3.63) is 87.1 Å². The van der Waals surface area contributed by atoms with E-state index in [9.17, 15) is 14.9 Å². The molecule has 0 aliphatic carbocycles. The summed E-state index contributed by atoms with van der Waals surface area (Å²) in [5.41, 5.74) is 2.60. The van der Waals surface area contributed by atoms with E-state index in [0.29, 0.717) is 17.1 Å². The molecule has 1 amide bonds. The minimum atomic E-state index is -0.576. The highest BCUT2D eigenvalue weighted by Crippen LogP contribution is 2.24. The van der Waals surface area contributed by atoms with E-state index >= 15 is 0 Å². The number of nitrogens with one attached hydrogen (secondary N) is 1. The number of non-ortho nitro benzene ring substituents is 1. The van der Waals surface area contributed by atoms with Gasteiger partial charge < -0.3 is 9.73 Å². The second kappa shape index (κ2) is 7.69. The Hall–Kier alpha value is -3.78. The predicted molar refractivity (Wildman–Crippen MR) is 107 cm³/mol. The molecule has 0 bridgehead atoms. The molecule has 4 rings (SSSR count). The van der Waals surface area contributed by atoms with Crippen LogP contribution >= 0.6 is 11.6 Å². The molecule has 0 saturated heterocycles. The van der Waals surface area contributed by atoms with Crippen LogP contribution in [0.4, 0.5) is 5.69 Å². The van der Waals surface area contributed by atoms with Crippen molar-refractivity contribution in [2.75, 3.05) is 0 Å². The van der Waals surface area contributed by atoms with Gasteiger partial charge in [-0.2, -0.15) is 4.98 Å². The molecule has 2 aromatic heterocycles. The fourth-order valence-electron chi connectivity index (χ4n) is 2.74. The molecule has 4 aromatic rings. The number of carbonyl (C=O) groups excluding carboxylic acids is 1. The zero-order valence-electron chi connectivity index (χ0n) is 14.8. The van der Waals surface area contributed by atoms with E-state index in [0.717, 1.165) is 17.2 Å². The van der Waals surface area contributed by atoms with Crippen molar-refractivity contribution >= 4 is 34.4 Å². The number of aromatic nitrogens is 2. The fraction of sp³-hybridized carbons (Fsp3) is 0.0500. The van der Waals surface area contributed by atoms with Crippen LogP contribution in [0.3, 0.4) is 0 Å². The van der Waals surface area contributed by atoms with Crippen molar-refractivity contribution < 1.29 is 14.1 Å². The average molecular weight is 409 g/mol. The zero-order chi connectivity index (χ0) is 20.4. The monoisotopic (exact) mass is 408 g/mol. The van der Waals surface area contributed by atoms with Gasteiger partial charge in [-0.05, 0) is 35.9 Å². The number of nitro groups is 1. The molecular weight excluding hydrogens is 396 g/mol. The number of halogens is 1. The molecule has 0 atom stereocenters. The topological polar surface area (TPSA) is 111 Å². The van der Waals surface area contributed by atoms with Gasteiger partial charge >= 0.3 is 0 Å². The lowest BCUT2D eigenvalue weighted by Crippen LogP contribution is -2.23. The van der Waals surface area contributed by atoms with E-state index in [4.69, 9.17) is 16.0 Å². The van der Waals surface area contributed by atoms with Crippen LogP contribution in [0.1, 0.15) is 15.9 Å². The van der Waals surface area contributed by atoms with Crippen molar-refractivity contribution in [1.29, 1.82) is 0 Å². The fourth-order valence-corrected chi connectivity index (χ4v) is 2.94. The van der Waals surface area contributed by atoms with E-state index in [1.165, 1.54) is 12.1 Å². The molecule has 2 aromatic carbocycles. The maximum absolute atomic E-state index is 12.4. The summed E-state index contributed by atoms with van der Waals surface area (Å²) < 4.78 is 5.68. The van der Waals surface area contributed by atoms with Crippen molar-refractivity contribution in [3.8, 4) is 11.5 Å². The van der Waals surface area contributed by atoms with E-state index in [-0.39, 0.29) is 22.8 Å². The van der Waals surface area contributed by atoms with E-state index in [2.05, 4.69) is 15.3 Å². The molecule has 1 N–H and O–H groups in total. The maximum atomic E-state index is 12.4. The summed E-state index contributed by atoms with van der Waals surface area (Å²) in [7, 11) is 0. The number of nitro benzene ring substituents is 1. The van der Waals surface area contributed by atoms with Crippen LogP contribution in [0.25, 0.3) is 22.7 Å². The third-order valence-electron chi connectivity index (χ3n) is 4.22. The third kappa shape index (κ3) is 3.92. The van der Waals surface area contributed by atoms with Gasteiger partial charge in [-0.25, -0.2) is 4.98 Å². The van der Waals surface area contributed by atoms with Crippen LogP contribution in [0.2, 0.25) is 5.02 Å². The quantitative estimate of drug-likeness (QED) is 0.387. The highest BCUT2D eigenvalue weighted by Gasteiger charge is 2.16. The molecular formula is C20H13ClN4O4. The Labute approximate surface area is 169 Å². The second-order valence-corrected chi connectivity index (χ2v) is 6.55. The largest absolute Gasteiger partial charge is 0.434 e. The van der Waals surface area contributed by atoms with Gasteiger partial charge in [0, 0.05) is 30.4 Å². The normalized spacial score (nSPS) is 10.8. The van der Waals surface area contributed by atoms with Gasteiger partial charge in [-0.15, -0.1) is 0 Å². The lowest BCUT2D eigenvalue weighted by Gasteiger charge is -2.07. The first kappa shape index (κ1) is 18.6. The Morgan fingerprint density at radius 2 is 1.97 bits per heavy atom. The Bertz CT molecular complexity index is 1190.